The van der Waals surface area contributed by atoms with Crippen molar-refractivity contribution in [1.82, 2.24) is 15.1 Å². The van der Waals surface area contributed by atoms with Crippen molar-refractivity contribution in [3.63, 3.8) is 0 Å². The topological polar surface area (TPSA) is 18.5 Å². The molecule has 1 N–H and O–H groups in total. The monoisotopic (exact) mass is 281 g/mol. The highest BCUT2D eigenvalue weighted by molar-refractivity contribution is 4.77. The van der Waals surface area contributed by atoms with E-state index in [0.717, 1.165) is 5.92 Å². The van der Waals surface area contributed by atoms with Gasteiger partial charge >= 0.3 is 0 Å². The first-order chi connectivity index (χ1) is 9.74. The van der Waals surface area contributed by atoms with E-state index in [9.17, 15) is 0 Å². The summed E-state index contributed by atoms with van der Waals surface area (Å²) in [4.78, 5) is 5.38. The molecule has 0 aromatic rings. The molecule has 3 heteroatoms. The molecular formula is C17H35N3. The molecule has 0 aromatic heterocycles. The van der Waals surface area contributed by atoms with Crippen molar-refractivity contribution < 1.29 is 0 Å². The Morgan fingerprint density at radius 3 is 2.30 bits per heavy atom. The fraction of sp³-hybridized carbons (Fsp3) is 1.00. The smallest absolute Gasteiger partial charge is 0.00106 e. The third-order valence-electron chi connectivity index (χ3n) is 4.88. The molecule has 20 heavy (non-hydrogen) atoms. The summed E-state index contributed by atoms with van der Waals surface area (Å²) in [6, 6.07) is 0.635. The van der Waals surface area contributed by atoms with E-state index in [-0.39, 0.29) is 0 Å². The van der Waals surface area contributed by atoms with Crippen molar-refractivity contribution in [3.8, 4) is 0 Å². The van der Waals surface area contributed by atoms with Crippen LogP contribution in [0.5, 0.6) is 0 Å². The highest BCUT2D eigenvalue weighted by Crippen LogP contribution is 2.20. The van der Waals surface area contributed by atoms with Gasteiger partial charge in [0.05, 0.1) is 0 Å². The SMILES string of the molecule is CC(C)NCCCCN1CCC(CN2CCCC2)CC1. The van der Waals surface area contributed by atoms with Crippen LogP contribution >= 0.6 is 0 Å². The van der Waals surface area contributed by atoms with Gasteiger partial charge in [0.25, 0.3) is 0 Å². The number of hydrogen-bond acceptors (Lipinski definition) is 3. The molecule has 2 rings (SSSR count). The largest absolute Gasteiger partial charge is 0.315 e. The van der Waals surface area contributed by atoms with Gasteiger partial charge in [-0.3, -0.25) is 0 Å². The summed E-state index contributed by atoms with van der Waals surface area (Å²) in [5, 5.41) is 3.51. The second-order valence-corrected chi connectivity index (χ2v) is 7.11. The lowest BCUT2D eigenvalue weighted by atomic mass is 9.96. The van der Waals surface area contributed by atoms with E-state index in [1.165, 1.54) is 84.3 Å². The van der Waals surface area contributed by atoms with Gasteiger partial charge in [-0.15, -0.1) is 0 Å². The molecule has 0 unspecified atom stereocenters. The average Bonchev–Trinajstić information content (AvgIpc) is 2.93. The molecule has 0 spiro atoms. The third-order valence-corrected chi connectivity index (χ3v) is 4.88. The molecule has 2 aliphatic heterocycles. The van der Waals surface area contributed by atoms with Crippen molar-refractivity contribution in [2.45, 2.75) is 58.4 Å². The lowest BCUT2D eigenvalue weighted by Crippen LogP contribution is -2.38. The predicted molar refractivity (Wildman–Crippen MR) is 87.2 cm³/mol. The van der Waals surface area contributed by atoms with Crippen LogP contribution in [0.3, 0.4) is 0 Å². The molecule has 118 valence electrons. The molecule has 0 atom stereocenters. The predicted octanol–water partition coefficient (Wildman–Crippen LogP) is 2.57. The first-order valence-corrected chi connectivity index (χ1v) is 8.92. The maximum atomic E-state index is 3.51. The molecule has 0 radical (unpaired) electrons. The second kappa shape index (κ2) is 9.01. The fourth-order valence-electron chi connectivity index (χ4n) is 3.57. The fourth-order valence-corrected chi connectivity index (χ4v) is 3.57. The molecule has 2 fully saturated rings. The highest BCUT2D eigenvalue weighted by atomic mass is 15.2. The Bertz CT molecular complexity index is 241. The van der Waals surface area contributed by atoms with Gasteiger partial charge in [0, 0.05) is 12.6 Å². The Morgan fingerprint density at radius 1 is 0.950 bits per heavy atom. The maximum absolute atomic E-state index is 3.51. The molecule has 0 aliphatic carbocycles. The molecular weight excluding hydrogens is 246 g/mol. The van der Waals surface area contributed by atoms with Crippen LogP contribution in [0.4, 0.5) is 0 Å². The van der Waals surface area contributed by atoms with Crippen LogP contribution < -0.4 is 5.32 Å². The Morgan fingerprint density at radius 2 is 1.65 bits per heavy atom. The van der Waals surface area contributed by atoms with E-state index in [4.69, 9.17) is 0 Å². The van der Waals surface area contributed by atoms with Crippen molar-refractivity contribution in [2.24, 2.45) is 5.92 Å². The molecule has 3 nitrogen and oxygen atoms in total. The van der Waals surface area contributed by atoms with Gasteiger partial charge < -0.3 is 15.1 Å². The number of hydrogen-bond donors (Lipinski definition) is 1. The first kappa shape index (κ1) is 16.3. The number of likely N-dealkylation sites (tertiary alicyclic amines) is 2. The first-order valence-electron chi connectivity index (χ1n) is 8.92. The second-order valence-electron chi connectivity index (χ2n) is 7.11. The minimum Gasteiger partial charge on any atom is -0.315 e. The number of rotatable bonds is 8. The maximum Gasteiger partial charge on any atom is 0.00106 e. The van der Waals surface area contributed by atoms with Crippen molar-refractivity contribution >= 4 is 0 Å². The molecule has 2 heterocycles. The molecule has 0 amide bonds. The zero-order chi connectivity index (χ0) is 14.2. The van der Waals surface area contributed by atoms with E-state index in [1.54, 1.807) is 0 Å². The van der Waals surface area contributed by atoms with E-state index < -0.39 is 0 Å². The lowest BCUT2D eigenvalue weighted by Gasteiger charge is -2.33. The minimum atomic E-state index is 0.635. The minimum absolute atomic E-state index is 0.635. The zero-order valence-corrected chi connectivity index (χ0v) is 13.7. The van der Waals surface area contributed by atoms with E-state index in [0.29, 0.717) is 6.04 Å². The molecule has 2 saturated heterocycles. The van der Waals surface area contributed by atoms with Crippen molar-refractivity contribution in [3.05, 3.63) is 0 Å². The van der Waals surface area contributed by atoms with Crippen LogP contribution in [0.1, 0.15) is 52.4 Å². The van der Waals surface area contributed by atoms with Gasteiger partial charge in [-0.1, -0.05) is 13.8 Å². The van der Waals surface area contributed by atoms with E-state index >= 15 is 0 Å². The summed E-state index contributed by atoms with van der Waals surface area (Å²) >= 11 is 0. The highest BCUT2D eigenvalue weighted by Gasteiger charge is 2.22. The molecule has 0 bridgehead atoms. The van der Waals surface area contributed by atoms with Gasteiger partial charge in [-0.25, -0.2) is 0 Å². The van der Waals surface area contributed by atoms with Crippen LogP contribution in [0.25, 0.3) is 0 Å². The van der Waals surface area contributed by atoms with Gasteiger partial charge in [-0.2, -0.15) is 0 Å². The number of piperidine rings is 1. The van der Waals surface area contributed by atoms with Crippen LogP contribution in [0, 0.1) is 5.92 Å². The summed E-state index contributed by atoms with van der Waals surface area (Å²) in [6.45, 7) is 13.8. The van der Waals surface area contributed by atoms with Gasteiger partial charge in [0.15, 0.2) is 0 Å². The zero-order valence-electron chi connectivity index (χ0n) is 13.7. The summed E-state index contributed by atoms with van der Waals surface area (Å²) in [5.74, 6) is 0.979. The Labute approximate surface area is 126 Å². The van der Waals surface area contributed by atoms with Crippen LogP contribution in [0.2, 0.25) is 0 Å². The summed E-state index contributed by atoms with van der Waals surface area (Å²) < 4.78 is 0. The molecule has 0 aromatic carbocycles. The van der Waals surface area contributed by atoms with Gasteiger partial charge in [0.1, 0.15) is 0 Å². The normalized spacial score (nSPS) is 22.9. The van der Waals surface area contributed by atoms with Gasteiger partial charge in [0.2, 0.25) is 0 Å². The molecule has 2 aliphatic rings. The summed E-state index contributed by atoms with van der Waals surface area (Å²) in [7, 11) is 0. The Balaban J connectivity index is 1.48. The van der Waals surface area contributed by atoms with Crippen LogP contribution in [0.15, 0.2) is 0 Å². The van der Waals surface area contributed by atoms with Crippen molar-refractivity contribution in [2.75, 3.05) is 45.8 Å². The number of nitrogens with one attached hydrogen (secondary N) is 1. The van der Waals surface area contributed by atoms with Crippen LogP contribution in [-0.2, 0) is 0 Å². The number of nitrogens with zero attached hydrogens (tertiary/aromatic N) is 2. The summed E-state index contributed by atoms with van der Waals surface area (Å²) in [6.07, 6.45) is 8.41. The average molecular weight is 281 g/mol. The number of unbranched alkanes of at least 4 members (excludes halogenated alkanes) is 1. The Kier molecular flexibility index (Phi) is 7.32. The van der Waals surface area contributed by atoms with Crippen molar-refractivity contribution in [1.29, 1.82) is 0 Å². The van der Waals surface area contributed by atoms with Crippen LogP contribution in [-0.4, -0.2) is 61.7 Å². The lowest BCUT2D eigenvalue weighted by molar-refractivity contribution is 0.152. The van der Waals surface area contributed by atoms with Gasteiger partial charge in [-0.05, 0) is 83.7 Å². The standard InChI is InChI=1S/C17H35N3/c1-16(2)18-9-3-4-10-19-13-7-17(8-14-19)15-20-11-5-6-12-20/h16-18H,3-15H2,1-2H3. The van der Waals surface area contributed by atoms with E-state index in [2.05, 4.69) is 29.0 Å². The third kappa shape index (κ3) is 6.11. The van der Waals surface area contributed by atoms with E-state index in [1.807, 2.05) is 0 Å². The summed E-state index contributed by atoms with van der Waals surface area (Å²) in [5.41, 5.74) is 0. The Hall–Kier alpha value is -0.120. The quantitative estimate of drug-likeness (QED) is 0.690. The molecule has 0 saturated carbocycles.